The highest BCUT2D eigenvalue weighted by Gasteiger charge is 2.25. The van der Waals surface area contributed by atoms with Gasteiger partial charge in [0.1, 0.15) is 5.82 Å². The Labute approximate surface area is 170 Å². The van der Waals surface area contributed by atoms with Crippen LogP contribution in [0.1, 0.15) is 40.6 Å². The molecule has 1 fully saturated rings. The lowest BCUT2D eigenvalue weighted by molar-refractivity contribution is 0.0950. The largest absolute Gasteiger partial charge is 0.383 e. The SMILES string of the molecule is COCCN1CCCC(c2[nH]ccc2C(=O)NCCc2nc3ccccc3[nH]2)C1. The molecule has 7 nitrogen and oxygen atoms in total. The number of nitrogens with zero attached hydrogens (tertiary/aromatic N) is 2. The van der Waals surface area contributed by atoms with Crippen molar-refractivity contribution >= 4 is 16.9 Å². The van der Waals surface area contributed by atoms with E-state index in [0.717, 1.165) is 67.2 Å². The van der Waals surface area contributed by atoms with Gasteiger partial charge < -0.3 is 24.9 Å². The van der Waals surface area contributed by atoms with Gasteiger partial charge in [0.25, 0.3) is 5.91 Å². The number of carbonyl (C=O) groups is 1. The molecule has 1 amide bonds. The highest BCUT2D eigenvalue weighted by Crippen LogP contribution is 2.28. The van der Waals surface area contributed by atoms with Gasteiger partial charge in [0.15, 0.2) is 0 Å². The number of rotatable bonds is 8. The normalized spacial score (nSPS) is 17.6. The fourth-order valence-electron chi connectivity index (χ4n) is 4.15. The zero-order valence-corrected chi connectivity index (χ0v) is 16.9. The number of nitrogens with one attached hydrogen (secondary N) is 3. The van der Waals surface area contributed by atoms with E-state index in [0.29, 0.717) is 18.9 Å². The zero-order valence-electron chi connectivity index (χ0n) is 16.9. The molecule has 0 bridgehead atoms. The summed E-state index contributed by atoms with van der Waals surface area (Å²) in [5.41, 5.74) is 3.79. The molecule has 0 aliphatic carbocycles. The number of H-pyrrole nitrogens is 2. The van der Waals surface area contributed by atoms with Crippen molar-refractivity contribution in [1.29, 1.82) is 0 Å². The molecule has 7 heteroatoms. The highest BCUT2D eigenvalue weighted by atomic mass is 16.5. The average molecular weight is 396 g/mol. The summed E-state index contributed by atoms with van der Waals surface area (Å²) in [6, 6.07) is 9.85. The minimum atomic E-state index is -0.0219. The van der Waals surface area contributed by atoms with Crippen molar-refractivity contribution in [3.05, 3.63) is 53.6 Å². The van der Waals surface area contributed by atoms with Crippen LogP contribution in [-0.4, -0.2) is 65.7 Å². The van der Waals surface area contributed by atoms with Crippen molar-refractivity contribution in [3.8, 4) is 0 Å². The maximum Gasteiger partial charge on any atom is 0.253 e. The van der Waals surface area contributed by atoms with Crippen molar-refractivity contribution in [3.63, 3.8) is 0 Å². The monoisotopic (exact) mass is 395 g/mol. The molecule has 3 aromatic rings. The number of benzene rings is 1. The molecular formula is C22H29N5O2. The standard InChI is InChI=1S/C22H29N5O2/c1-29-14-13-27-12-4-5-16(15-27)21-17(8-10-23-21)22(28)24-11-9-20-25-18-6-2-3-7-19(18)26-20/h2-3,6-8,10,16,23H,4-5,9,11-15H2,1H3,(H,24,28)(H,25,26). The van der Waals surface area contributed by atoms with E-state index in [9.17, 15) is 4.79 Å². The second-order valence-corrected chi connectivity index (χ2v) is 7.64. The Morgan fingerprint density at radius 2 is 2.24 bits per heavy atom. The maximum absolute atomic E-state index is 12.8. The Hall–Kier alpha value is -2.64. The van der Waals surface area contributed by atoms with Crippen LogP contribution in [0.3, 0.4) is 0 Å². The van der Waals surface area contributed by atoms with Gasteiger partial charge in [-0.3, -0.25) is 4.79 Å². The highest BCUT2D eigenvalue weighted by molar-refractivity contribution is 5.95. The predicted octanol–water partition coefficient (Wildman–Crippen LogP) is 2.69. The minimum Gasteiger partial charge on any atom is -0.383 e. The predicted molar refractivity (Wildman–Crippen MR) is 113 cm³/mol. The summed E-state index contributed by atoms with van der Waals surface area (Å²) >= 11 is 0. The van der Waals surface area contributed by atoms with Gasteiger partial charge in [-0.25, -0.2) is 4.98 Å². The molecule has 4 rings (SSSR count). The van der Waals surface area contributed by atoms with Gasteiger partial charge in [-0.2, -0.15) is 0 Å². The van der Waals surface area contributed by atoms with Gasteiger partial charge >= 0.3 is 0 Å². The van der Waals surface area contributed by atoms with Crippen LogP contribution in [0.5, 0.6) is 0 Å². The molecule has 1 aliphatic rings. The molecule has 1 atom stereocenters. The number of hydrogen-bond donors (Lipinski definition) is 3. The number of amides is 1. The molecule has 0 saturated carbocycles. The van der Waals surface area contributed by atoms with Crippen LogP contribution >= 0.6 is 0 Å². The summed E-state index contributed by atoms with van der Waals surface area (Å²) in [6.07, 6.45) is 4.79. The summed E-state index contributed by atoms with van der Waals surface area (Å²) < 4.78 is 5.21. The Kier molecular flexibility index (Phi) is 6.27. The fourth-order valence-corrected chi connectivity index (χ4v) is 4.15. The van der Waals surface area contributed by atoms with Crippen LogP contribution in [0, 0.1) is 0 Å². The van der Waals surface area contributed by atoms with E-state index < -0.39 is 0 Å². The number of methoxy groups -OCH3 is 1. The first-order chi connectivity index (χ1) is 14.2. The number of aromatic nitrogens is 3. The van der Waals surface area contributed by atoms with Crippen LogP contribution in [0.4, 0.5) is 0 Å². The Morgan fingerprint density at radius 3 is 3.10 bits per heavy atom. The molecular weight excluding hydrogens is 366 g/mol. The van der Waals surface area contributed by atoms with Crippen LogP contribution in [0.2, 0.25) is 0 Å². The average Bonchev–Trinajstić information content (AvgIpc) is 3.39. The van der Waals surface area contributed by atoms with Crippen LogP contribution in [-0.2, 0) is 11.2 Å². The van der Waals surface area contributed by atoms with Gasteiger partial charge in [-0.05, 0) is 37.6 Å². The summed E-state index contributed by atoms with van der Waals surface area (Å²) in [5, 5.41) is 3.05. The third kappa shape index (κ3) is 4.68. The summed E-state index contributed by atoms with van der Waals surface area (Å²) in [7, 11) is 1.74. The lowest BCUT2D eigenvalue weighted by Gasteiger charge is -2.32. The number of para-hydroxylation sites is 2. The van der Waals surface area contributed by atoms with Gasteiger partial charge in [-0.15, -0.1) is 0 Å². The van der Waals surface area contributed by atoms with E-state index in [1.807, 2.05) is 36.5 Å². The molecule has 154 valence electrons. The molecule has 0 spiro atoms. The fraction of sp³-hybridized carbons (Fsp3) is 0.455. The molecule has 1 unspecified atom stereocenters. The van der Waals surface area contributed by atoms with Crippen molar-refractivity contribution in [1.82, 2.24) is 25.2 Å². The lowest BCUT2D eigenvalue weighted by atomic mass is 9.92. The summed E-state index contributed by atoms with van der Waals surface area (Å²) in [6.45, 7) is 4.29. The summed E-state index contributed by atoms with van der Waals surface area (Å²) in [5.74, 6) is 1.22. The van der Waals surface area contributed by atoms with E-state index in [-0.39, 0.29) is 5.91 Å². The molecule has 1 aromatic carbocycles. The topological polar surface area (TPSA) is 86.0 Å². The smallest absolute Gasteiger partial charge is 0.253 e. The van der Waals surface area contributed by atoms with Crippen LogP contribution in [0.25, 0.3) is 11.0 Å². The second-order valence-electron chi connectivity index (χ2n) is 7.64. The number of hydrogen-bond acceptors (Lipinski definition) is 4. The minimum absolute atomic E-state index is 0.0219. The van der Waals surface area contributed by atoms with E-state index in [1.54, 1.807) is 7.11 Å². The van der Waals surface area contributed by atoms with E-state index in [1.165, 1.54) is 0 Å². The van der Waals surface area contributed by atoms with Crippen molar-refractivity contribution in [2.45, 2.75) is 25.2 Å². The number of imidazole rings is 1. The van der Waals surface area contributed by atoms with Crippen molar-refractivity contribution < 1.29 is 9.53 Å². The third-order valence-electron chi connectivity index (χ3n) is 5.63. The molecule has 3 N–H and O–H groups in total. The van der Waals surface area contributed by atoms with E-state index >= 15 is 0 Å². The first-order valence-corrected chi connectivity index (χ1v) is 10.3. The third-order valence-corrected chi connectivity index (χ3v) is 5.63. The van der Waals surface area contributed by atoms with Gasteiger partial charge in [0, 0.05) is 51.0 Å². The maximum atomic E-state index is 12.8. The molecule has 0 radical (unpaired) electrons. The Balaban J connectivity index is 1.34. The second kappa shape index (κ2) is 9.24. The van der Waals surface area contributed by atoms with Gasteiger partial charge in [0.2, 0.25) is 0 Å². The van der Waals surface area contributed by atoms with Crippen LogP contribution in [0.15, 0.2) is 36.5 Å². The number of likely N-dealkylation sites (tertiary alicyclic amines) is 1. The van der Waals surface area contributed by atoms with E-state index in [2.05, 4.69) is 25.2 Å². The molecule has 1 saturated heterocycles. The number of piperidine rings is 1. The van der Waals surface area contributed by atoms with Crippen LogP contribution < -0.4 is 5.32 Å². The first-order valence-electron chi connectivity index (χ1n) is 10.3. The van der Waals surface area contributed by atoms with Gasteiger partial charge in [-0.1, -0.05) is 12.1 Å². The van der Waals surface area contributed by atoms with E-state index in [4.69, 9.17) is 4.74 Å². The number of carbonyl (C=O) groups excluding carboxylic acids is 1. The Morgan fingerprint density at radius 1 is 1.34 bits per heavy atom. The van der Waals surface area contributed by atoms with Gasteiger partial charge in [0.05, 0.1) is 23.2 Å². The number of aromatic amines is 2. The molecule has 3 heterocycles. The first kappa shape index (κ1) is 19.7. The molecule has 29 heavy (non-hydrogen) atoms. The summed E-state index contributed by atoms with van der Waals surface area (Å²) in [4.78, 5) is 26.4. The number of ether oxygens (including phenoxy) is 1. The van der Waals surface area contributed by atoms with Crippen molar-refractivity contribution in [2.24, 2.45) is 0 Å². The number of fused-ring (bicyclic) bond motifs is 1. The lowest BCUT2D eigenvalue weighted by Crippen LogP contribution is -2.37. The zero-order chi connectivity index (χ0) is 20.1. The molecule has 2 aromatic heterocycles. The quantitative estimate of drug-likeness (QED) is 0.547. The Bertz CT molecular complexity index is 914. The molecule has 1 aliphatic heterocycles. The van der Waals surface area contributed by atoms with Crippen molar-refractivity contribution in [2.75, 3.05) is 39.9 Å².